The Balaban J connectivity index is 1.23. The third-order valence-electron chi connectivity index (χ3n) is 7.73. The molecule has 3 aliphatic rings. The summed E-state index contributed by atoms with van der Waals surface area (Å²) in [6.45, 7) is 1.95. The number of carboxylic acids is 1. The molecule has 0 bridgehead atoms. The van der Waals surface area contributed by atoms with Crippen LogP contribution in [0.3, 0.4) is 0 Å². The number of β-amino-alcohol motifs (C(OH)–C–C–N with tert-alkyl or cyclic N) is 1. The molecule has 2 atom stereocenters. The van der Waals surface area contributed by atoms with Gasteiger partial charge in [-0.3, -0.25) is 4.79 Å². The van der Waals surface area contributed by atoms with Crippen molar-refractivity contribution in [2.24, 2.45) is 5.92 Å². The maximum atomic E-state index is 13.0. The van der Waals surface area contributed by atoms with Gasteiger partial charge in [0.05, 0.1) is 18.5 Å². The third-order valence-corrected chi connectivity index (χ3v) is 7.73. The minimum atomic E-state index is -1.91. The molecule has 5 rings (SSSR count). The maximum absolute atomic E-state index is 13.0. The predicted octanol–water partition coefficient (Wildman–Crippen LogP) is 3.13. The zero-order valence-corrected chi connectivity index (χ0v) is 19.7. The van der Waals surface area contributed by atoms with Gasteiger partial charge in [0.15, 0.2) is 5.60 Å². The zero-order valence-electron chi connectivity index (χ0n) is 19.7. The largest absolute Gasteiger partial charge is 0.479 e. The fourth-order valence-electron chi connectivity index (χ4n) is 5.49. The van der Waals surface area contributed by atoms with Gasteiger partial charge in [-0.2, -0.15) is 0 Å². The molecule has 1 saturated carbocycles. The number of carbonyl (C=O) groups is 3. The molecule has 2 aliphatic carbocycles. The number of benzene rings is 2. The summed E-state index contributed by atoms with van der Waals surface area (Å²) in [6, 6.07) is 16.2. The highest BCUT2D eigenvalue weighted by molar-refractivity contribution is 5.83. The number of aliphatic hydroxyl groups is 1. The van der Waals surface area contributed by atoms with Crippen LogP contribution in [-0.4, -0.2) is 63.9 Å². The van der Waals surface area contributed by atoms with Crippen molar-refractivity contribution in [3.05, 3.63) is 59.7 Å². The summed E-state index contributed by atoms with van der Waals surface area (Å²) in [5.41, 5.74) is 1.84. The lowest BCUT2D eigenvalue weighted by atomic mass is 9.91. The number of nitrogens with one attached hydrogen (secondary N) is 1. The molecule has 1 heterocycles. The van der Waals surface area contributed by atoms with Crippen molar-refractivity contribution >= 4 is 18.0 Å². The van der Waals surface area contributed by atoms with Crippen LogP contribution in [-0.2, 0) is 14.3 Å². The van der Waals surface area contributed by atoms with Crippen LogP contribution in [0.4, 0.5) is 4.79 Å². The van der Waals surface area contributed by atoms with E-state index in [1.165, 1.54) is 4.90 Å². The number of alkyl carbamates (subject to hydrolysis) is 1. The average Bonchev–Trinajstić information content (AvgIpc) is 3.55. The normalized spacial score (nSPS) is 22.7. The SMILES string of the molecule is CC(CC(=O)N1CCC(O)(C(=O)O)C1)(NC(=O)OCC1c2ccccc2-c2ccccc21)C1CC1. The minimum absolute atomic E-state index is 0.00593. The summed E-state index contributed by atoms with van der Waals surface area (Å²) in [6.07, 6.45) is 1.24. The summed E-state index contributed by atoms with van der Waals surface area (Å²) >= 11 is 0. The Hall–Kier alpha value is -3.39. The summed E-state index contributed by atoms with van der Waals surface area (Å²) < 4.78 is 5.69. The topological polar surface area (TPSA) is 116 Å². The van der Waals surface area contributed by atoms with E-state index < -0.39 is 23.2 Å². The first-order valence-electron chi connectivity index (χ1n) is 12.1. The van der Waals surface area contributed by atoms with Crippen molar-refractivity contribution < 1.29 is 29.3 Å². The van der Waals surface area contributed by atoms with Gasteiger partial charge in [-0.25, -0.2) is 9.59 Å². The molecule has 2 fully saturated rings. The second kappa shape index (κ2) is 8.68. The van der Waals surface area contributed by atoms with Gasteiger partial charge in [0, 0.05) is 18.9 Å². The Morgan fingerprint density at radius 1 is 1.09 bits per heavy atom. The lowest BCUT2D eigenvalue weighted by Crippen LogP contribution is -2.52. The number of likely N-dealkylation sites (tertiary alicyclic amines) is 1. The number of amides is 2. The molecule has 3 N–H and O–H groups in total. The van der Waals surface area contributed by atoms with E-state index in [9.17, 15) is 24.6 Å². The van der Waals surface area contributed by atoms with Crippen molar-refractivity contribution in [3.63, 3.8) is 0 Å². The minimum Gasteiger partial charge on any atom is -0.479 e. The Labute approximate surface area is 203 Å². The number of fused-ring (bicyclic) bond motifs is 3. The van der Waals surface area contributed by atoms with Crippen LogP contribution >= 0.6 is 0 Å². The van der Waals surface area contributed by atoms with Gasteiger partial charge in [-0.15, -0.1) is 0 Å². The van der Waals surface area contributed by atoms with Gasteiger partial charge < -0.3 is 25.2 Å². The Kier molecular flexibility index (Phi) is 5.79. The summed E-state index contributed by atoms with van der Waals surface area (Å²) in [4.78, 5) is 38.5. The van der Waals surface area contributed by atoms with E-state index in [0.717, 1.165) is 35.1 Å². The summed E-state index contributed by atoms with van der Waals surface area (Å²) in [5, 5.41) is 22.4. The van der Waals surface area contributed by atoms with Gasteiger partial charge in [0.2, 0.25) is 5.91 Å². The van der Waals surface area contributed by atoms with Crippen LogP contribution in [0.15, 0.2) is 48.5 Å². The molecule has 0 radical (unpaired) electrons. The highest BCUT2D eigenvalue weighted by Crippen LogP contribution is 2.45. The molecule has 1 saturated heterocycles. The third kappa shape index (κ3) is 4.38. The van der Waals surface area contributed by atoms with Crippen LogP contribution in [0, 0.1) is 5.92 Å². The van der Waals surface area contributed by atoms with Crippen molar-refractivity contribution in [3.8, 4) is 11.1 Å². The highest BCUT2D eigenvalue weighted by atomic mass is 16.5. The number of hydrogen-bond acceptors (Lipinski definition) is 5. The average molecular weight is 479 g/mol. The smallest absolute Gasteiger partial charge is 0.407 e. The van der Waals surface area contributed by atoms with Crippen LogP contribution in [0.25, 0.3) is 11.1 Å². The van der Waals surface area contributed by atoms with Crippen LogP contribution in [0.1, 0.15) is 49.7 Å². The number of carboxylic acid groups (broad SMARTS) is 1. The first-order chi connectivity index (χ1) is 16.7. The Morgan fingerprint density at radius 2 is 1.69 bits per heavy atom. The second-order valence-electron chi connectivity index (χ2n) is 10.2. The quantitative estimate of drug-likeness (QED) is 0.563. The molecule has 2 aromatic carbocycles. The van der Waals surface area contributed by atoms with Crippen molar-refractivity contribution in [1.82, 2.24) is 10.2 Å². The van der Waals surface area contributed by atoms with E-state index in [4.69, 9.17) is 4.74 Å². The molecular weight excluding hydrogens is 448 g/mol. The molecule has 2 unspecified atom stereocenters. The Morgan fingerprint density at radius 3 is 2.23 bits per heavy atom. The van der Waals surface area contributed by atoms with Gasteiger partial charge in [-0.1, -0.05) is 48.5 Å². The van der Waals surface area contributed by atoms with E-state index in [0.29, 0.717) is 0 Å². The van der Waals surface area contributed by atoms with Gasteiger partial charge in [-0.05, 0) is 47.9 Å². The van der Waals surface area contributed by atoms with Gasteiger partial charge >= 0.3 is 12.1 Å². The van der Waals surface area contributed by atoms with E-state index in [1.54, 1.807) is 0 Å². The van der Waals surface area contributed by atoms with Gasteiger partial charge in [0.25, 0.3) is 0 Å². The Bertz CT molecular complexity index is 1130. The second-order valence-corrected chi connectivity index (χ2v) is 10.2. The molecule has 184 valence electrons. The molecule has 2 aromatic rings. The number of ether oxygens (including phenoxy) is 1. The molecule has 35 heavy (non-hydrogen) atoms. The first kappa shape index (κ1) is 23.4. The standard InChI is InChI=1S/C27H30N2O6/c1-26(17-10-11-17,14-23(30)29-13-12-27(34,16-29)24(31)32)28-25(33)35-15-22-20-8-4-2-6-18(20)19-7-3-5-9-21(19)22/h2-9,17,22,34H,10-16H2,1H3,(H,28,33)(H,31,32). The molecular formula is C27H30N2O6. The molecule has 8 heteroatoms. The molecule has 1 aliphatic heterocycles. The fourth-order valence-corrected chi connectivity index (χ4v) is 5.49. The maximum Gasteiger partial charge on any atom is 0.407 e. The summed E-state index contributed by atoms with van der Waals surface area (Å²) in [5.74, 6) is -1.52. The van der Waals surface area contributed by atoms with Crippen LogP contribution in [0.5, 0.6) is 0 Å². The van der Waals surface area contributed by atoms with Crippen molar-refractivity contribution in [2.45, 2.75) is 49.7 Å². The number of carbonyl (C=O) groups excluding carboxylic acids is 2. The monoisotopic (exact) mass is 478 g/mol. The van der Waals surface area contributed by atoms with E-state index in [1.807, 2.05) is 31.2 Å². The summed E-state index contributed by atoms with van der Waals surface area (Å²) in [7, 11) is 0. The molecule has 0 spiro atoms. The van der Waals surface area contributed by atoms with Crippen LogP contribution in [0.2, 0.25) is 0 Å². The highest BCUT2D eigenvalue weighted by Gasteiger charge is 2.48. The fraction of sp³-hybridized carbons (Fsp3) is 0.444. The predicted molar refractivity (Wildman–Crippen MR) is 128 cm³/mol. The zero-order chi connectivity index (χ0) is 24.8. The van der Waals surface area contributed by atoms with Crippen molar-refractivity contribution in [2.75, 3.05) is 19.7 Å². The van der Waals surface area contributed by atoms with E-state index in [2.05, 4.69) is 29.6 Å². The van der Waals surface area contributed by atoms with Crippen molar-refractivity contribution in [1.29, 1.82) is 0 Å². The van der Waals surface area contributed by atoms with E-state index in [-0.39, 0.29) is 50.3 Å². The first-order valence-corrected chi connectivity index (χ1v) is 12.1. The lowest BCUT2D eigenvalue weighted by Gasteiger charge is -2.32. The number of rotatable bonds is 7. The van der Waals surface area contributed by atoms with Crippen LogP contribution < -0.4 is 5.32 Å². The lowest BCUT2D eigenvalue weighted by molar-refractivity contribution is -0.157. The number of nitrogens with zero attached hydrogens (tertiary/aromatic N) is 1. The molecule has 0 aromatic heterocycles. The molecule has 8 nitrogen and oxygen atoms in total. The van der Waals surface area contributed by atoms with Gasteiger partial charge in [0.1, 0.15) is 6.61 Å². The molecule has 2 amide bonds. The number of aliphatic carboxylic acids is 1. The van der Waals surface area contributed by atoms with E-state index >= 15 is 0 Å². The number of hydrogen-bond donors (Lipinski definition) is 3.